The van der Waals surface area contributed by atoms with Crippen molar-refractivity contribution in [1.82, 2.24) is 4.98 Å². The Labute approximate surface area is 189 Å². The quantitative estimate of drug-likeness (QED) is 0.205. The maximum absolute atomic E-state index is 10.3. The molecule has 1 aromatic rings. The van der Waals surface area contributed by atoms with E-state index in [9.17, 15) is 4.79 Å². The molecule has 0 aliphatic heterocycles. The van der Waals surface area contributed by atoms with Crippen molar-refractivity contribution in [2.75, 3.05) is 0 Å². The third kappa shape index (κ3) is 27.7. The minimum Gasteiger partial charge on any atom is -0.481 e. The van der Waals surface area contributed by atoms with Crippen molar-refractivity contribution in [2.24, 2.45) is 0 Å². The van der Waals surface area contributed by atoms with E-state index in [0.29, 0.717) is 6.42 Å². The molecule has 1 radical (unpaired) electrons. The first-order chi connectivity index (χ1) is 12.8. The Morgan fingerprint density at radius 3 is 1.67 bits per heavy atom. The van der Waals surface area contributed by atoms with Gasteiger partial charge in [0.05, 0.1) is 0 Å². The summed E-state index contributed by atoms with van der Waals surface area (Å²) < 4.78 is 0. The van der Waals surface area contributed by atoms with Gasteiger partial charge in [0, 0.05) is 48.4 Å². The zero-order valence-corrected chi connectivity index (χ0v) is 19.7. The van der Waals surface area contributed by atoms with E-state index < -0.39 is 5.97 Å². The molecular weight excluding hydrogens is 345 g/mol. The molecule has 0 aliphatic carbocycles. The largest absolute Gasteiger partial charge is 0.481 e. The molecule has 0 aliphatic rings. The van der Waals surface area contributed by atoms with Gasteiger partial charge in [0.25, 0.3) is 0 Å². The second-order valence-electron chi connectivity index (χ2n) is 6.75. The fraction of sp³-hybridized carbons (Fsp3) is 0.652. The Kier molecular flexibility index (Phi) is 26.8. The number of hydrogen-bond donors (Lipinski definition) is 1. The third-order valence-electron chi connectivity index (χ3n) is 4.22. The van der Waals surface area contributed by atoms with E-state index in [1.807, 2.05) is 18.2 Å². The van der Waals surface area contributed by atoms with Gasteiger partial charge in [-0.15, -0.1) is 0 Å². The molecule has 1 aromatic heterocycles. The van der Waals surface area contributed by atoms with Crippen molar-refractivity contribution in [3.05, 3.63) is 42.7 Å². The second-order valence-corrected chi connectivity index (χ2v) is 6.75. The molecule has 149 valence electrons. The predicted molar refractivity (Wildman–Crippen MR) is 117 cm³/mol. The molecule has 27 heavy (non-hydrogen) atoms. The first kappa shape index (κ1) is 28.6. The van der Waals surface area contributed by atoms with E-state index in [0.717, 1.165) is 12.8 Å². The van der Waals surface area contributed by atoms with Crippen molar-refractivity contribution in [3.8, 4) is 0 Å². The number of rotatable bonds is 15. The van der Waals surface area contributed by atoms with E-state index in [-0.39, 0.29) is 29.6 Å². The topological polar surface area (TPSA) is 50.2 Å². The van der Waals surface area contributed by atoms with Gasteiger partial charge in [-0.3, -0.25) is 9.78 Å². The van der Waals surface area contributed by atoms with Crippen LogP contribution in [0.4, 0.5) is 0 Å². The summed E-state index contributed by atoms with van der Waals surface area (Å²) in [5, 5.41) is 8.51. The summed E-state index contributed by atoms with van der Waals surface area (Å²) in [7, 11) is 0. The molecule has 0 amide bonds. The molecule has 0 unspecified atom stereocenters. The van der Waals surface area contributed by atoms with Gasteiger partial charge in [-0.25, -0.2) is 0 Å². The monoisotopic (exact) mass is 384 g/mol. The maximum Gasteiger partial charge on any atom is 0.303 e. The first-order valence-electron chi connectivity index (χ1n) is 10.5. The Morgan fingerprint density at radius 1 is 0.778 bits per heavy atom. The fourth-order valence-corrected chi connectivity index (χ4v) is 2.66. The van der Waals surface area contributed by atoms with Crippen LogP contribution < -0.4 is 0 Å². The van der Waals surface area contributed by atoms with Crippen molar-refractivity contribution in [2.45, 2.75) is 96.8 Å². The standard InChI is InChI=1S/C18H34O2.C5H5N.Na/c1-2-3-4-5-6-7-8-9-10-11-12-13-14-15-16-17-18(19)20;1-2-4-6-5-3-1;/h9-10H,2-8,11-17H2,1H3,(H,19,20);1-5H;/b10-9-;;. The van der Waals surface area contributed by atoms with Gasteiger partial charge >= 0.3 is 5.97 Å². The zero-order valence-electron chi connectivity index (χ0n) is 17.7. The van der Waals surface area contributed by atoms with Gasteiger partial charge in [-0.05, 0) is 44.2 Å². The average molecular weight is 385 g/mol. The Hall–Kier alpha value is -0.640. The first-order valence-corrected chi connectivity index (χ1v) is 10.5. The van der Waals surface area contributed by atoms with E-state index in [2.05, 4.69) is 24.1 Å². The van der Waals surface area contributed by atoms with Crippen LogP contribution in [0.1, 0.15) is 96.8 Å². The van der Waals surface area contributed by atoms with Crippen LogP contribution in [0.5, 0.6) is 0 Å². The number of carbonyl (C=O) groups is 1. The number of hydrogen-bond acceptors (Lipinski definition) is 2. The zero-order chi connectivity index (χ0) is 19.1. The Morgan fingerprint density at radius 2 is 1.26 bits per heavy atom. The van der Waals surface area contributed by atoms with E-state index in [1.54, 1.807) is 12.4 Å². The normalized spacial score (nSPS) is 10.1. The maximum atomic E-state index is 10.3. The summed E-state index contributed by atoms with van der Waals surface area (Å²) in [6.07, 6.45) is 24.7. The SMILES string of the molecule is CCCCCCCC/C=C\CCCCCCCC(=O)O.[Na].c1ccncc1. The minimum atomic E-state index is -0.664. The van der Waals surface area contributed by atoms with Gasteiger partial charge in [-0.1, -0.05) is 76.5 Å². The van der Waals surface area contributed by atoms with Crippen LogP contribution >= 0.6 is 0 Å². The summed E-state index contributed by atoms with van der Waals surface area (Å²) in [6.45, 7) is 2.26. The molecule has 0 saturated carbocycles. The fourth-order valence-electron chi connectivity index (χ4n) is 2.66. The van der Waals surface area contributed by atoms with Crippen molar-refractivity contribution >= 4 is 35.5 Å². The molecule has 3 nitrogen and oxygen atoms in total. The molecule has 0 bridgehead atoms. The molecule has 0 fully saturated rings. The van der Waals surface area contributed by atoms with Crippen LogP contribution in [-0.2, 0) is 4.79 Å². The third-order valence-corrected chi connectivity index (χ3v) is 4.22. The smallest absolute Gasteiger partial charge is 0.303 e. The van der Waals surface area contributed by atoms with Crippen LogP contribution in [0.3, 0.4) is 0 Å². The predicted octanol–water partition coefficient (Wildman–Crippen LogP) is 6.81. The molecular formula is C23H39NNaO2. The van der Waals surface area contributed by atoms with E-state index in [4.69, 9.17) is 5.11 Å². The Bertz CT molecular complexity index is 397. The molecule has 1 rings (SSSR count). The van der Waals surface area contributed by atoms with Crippen LogP contribution in [0.15, 0.2) is 42.7 Å². The number of carboxylic acids is 1. The summed E-state index contributed by atoms with van der Waals surface area (Å²) in [5.74, 6) is -0.664. The Balaban J connectivity index is 0. The molecule has 1 N–H and O–H groups in total. The number of unbranched alkanes of at least 4 members (excludes halogenated alkanes) is 11. The van der Waals surface area contributed by atoms with Crippen molar-refractivity contribution < 1.29 is 9.90 Å². The summed E-state index contributed by atoms with van der Waals surface area (Å²) >= 11 is 0. The van der Waals surface area contributed by atoms with Crippen molar-refractivity contribution in [3.63, 3.8) is 0 Å². The van der Waals surface area contributed by atoms with Gasteiger partial charge < -0.3 is 5.11 Å². The number of aromatic nitrogens is 1. The summed E-state index contributed by atoms with van der Waals surface area (Å²) in [6, 6.07) is 5.72. The van der Waals surface area contributed by atoms with Crippen LogP contribution in [-0.4, -0.2) is 45.6 Å². The summed E-state index contributed by atoms with van der Waals surface area (Å²) in [4.78, 5) is 14.1. The van der Waals surface area contributed by atoms with Crippen LogP contribution in [0, 0.1) is 0 Å². The second kappa shape index (κ2) is 25.4. The minimum absolute atomic E-state index is 0. The van der Waals surface area contributed by atoms with Gasteiger partial charge in [0.2, 0.25) is 0 Å². The summed E-state index contributed by atoms with van der Waals surface area (Å²) in [5.41, 5.74) is 0. The van der Waals surface area contributed by atoms with E-state index in [1.165, 1.54) is 70.6 Å². The van der Waals surface area contributed by atoms with Gasteiger partial charge in [0.1, 0.15) is 0 Å². The number of nitrogens with zero attached hydrogens (tertiary/aromatic N) is 1. The van der Waals surface area contributed by atoms with Crippen molar-refractivity contribution in [1.29, 1.82) is 0 Å². The molecule has 0 aromatic carbocycles. The number of pyridine rings is 1. The average Bonchev–Trinajstić information content (AvgIpc) is 2.66. The molecule has 1 heterocycles. The number of carboxylic acid groups (broad SMARTS) is 1. The number of allylic oxidation sites excluding steroid dienone is 2. The molecule has 0 saturated heterocycles. The van der Waals surface area contributed by atoms with Crippen LogP contribution in [0.2, 0.25) is 0 Å². The van der Waals surface area contributed by atoms with E-state index >= 15 is 0 Å². The molecule has 4 heteroatoms. The number of aliphatic carboxylic acids is 1. The van der Waals surface area contributed by atoms with Crippen LogP contribution in [0.25, 0.3) is 0 Å². The van der Waals surface area contributed by atoms with Gasteiger partial charge in [0.15, 0.2) is 0 Å². The molecule has 0 atom stereocenters. The van der Waals surface area contributed by atoms with Gasteiger partial charge in [-0.2, -0.15) is 0 Å². The molecule has 0 spiro atoms.